The van der Waals surface area contributed by atoms with E-state index in [2.05, 4.69) is 10.2 Å². The zero-order valence-corrected chi connectivity index (χ0v) is 18.0. The molecule has 0 saturated heterocycles. The maximum absolute atomic E-state index is 11.9. The summed E-state index contributed by atoms with van der Waals surface area (Å²) in [5, 5.41) is 29.3. The van der Waals surface area contributed by atoms with Crippen LogP contribution in [0.5, 0.6) is 11.5 Å². The second-order valence-corrected chi connectivity index (χ2v) is 9.86. The summed E-state index contributed by atoms with van der Waals surface area (Å²) in [6, 6.07) is 11.6. The fourth-order valence-corrected chi connectivity index (χ4v) is 4.48. The highest BCUT2D eigenvalue weighted by Gasteiger charge is 2.22. The van der Waals surface area contributed by atoms with Crippen LogP contribution in [0.2, 0.25) is 0 Å². The van der Waals surface area contributed by atoms with Gasteiger partial charge in [-0.25, -0.2) is 0 Å². The second kappa shape index (κ2) is 7.67. The molecule has 0 aliphatic rings. The molecule has 0 heterocycles. The van der Waals surface area contributed by atoms with Crippen molar-refractivity contribution >= 4 is 58.8 Å². The van der Waals surface area contributed by atoms with Crippen molar-refractivity contribution in [3.8, 4) is 11.5 Å². The van der Waals surface area contributed by atoms with Gasteiger partial charge in [0.05, 0.1) is 10.6 Å². The van der Waals surface area contributed by atoms with Crippen molar-refractivity contribution in [1.82, 2.24) is 0 Å². The third-order valence-corrected chi connectivity index (χ3v) is 6.50. The Labute approximate surface area is 186 Å². The van der Waals surface area contributed by atoms with E-state index < -0.39 is 47.2 Å². The largest absolute Gasteiger partial charge is 0.507 e. The summed E-state index contributed by atoms with van der Waals surface area (Å²) < 4.78 is 65.2. The van der Waals surface area contributed by atoms with Gasteiger partial charge in [-0.15, -0.1) is 5.11 Å². The van der Waals surface area contributed by atoms with Crippen molar-refractivity contribution in [2.45, 2.75) is 9.79 Å². The van der Waals surface area contributed by atoms with Crippen LogP contribution in [0.4, 0.5) is 17.1 Å². The minimum absolute atomic E-state index is 0.107. The molecular formula is C20H15N3O8S2. The molecule has 0 unspecified atom stereocenters. The van der Waals surface area contributed by atoms with Gasteiger partial charge in [-0.2, -0.15) is 21.9 Å². The number of azo groups is 1. The Balaban J connectivity index is 1.86. The topological polar surface area (TPSA) is 200 Å². The van der Waals surface area contributed by atoms with Gasteiger partial charge in [0.15, 0.2) is 5.75 Å². The van der Waals surface area contributed by atoms with Crippen molar-refractivity contribution in [3.63, 3.8) is 0 Å². The van der Waals surface area contributed by atoms with Crippen molar-refractivity contribution in [2.75, 3.05) is 5.73 Å². The van der Waals surface area contributed by atoms with E-state index in [1.54, 1.807) is 0 Å². The number of nitrogens with zero attached hydrogens (tertiary/aromatic N) is 2. The molecule has 4 rings (SSSR count). The molecule has 0 atom stereocenters. The molecule has 6 N–H and O–H groups in total. The highest BCUT2D eigenvalue weighted by atomic mass is 32.2. The lowest BCUT2D eigenvalue weighted by atomic mass is 10.1. The number of nitrogen functional groups attached to an aromatic ring is 1. The molecule has 0 saturated carbocycles. The number of hydrogen-bond donors (Lipinski definition) is 5. The van der Waals surface area contributed by atoms with Crippen LogP contribution in [0.15, 0.2) is 74.6 Å². The Bertz CT molecular complexity index is 1700. The number of phenols is 2. The summed E-state index contributed by atoms with van der Waals surface area (Å²) in [7, 11) is -9.34. The summed E-state index contributed by atoms with van der Waals surface area (Å²) >= 11 is 0. The third kappa shape index (κ3) is 4.29. The summed E-state index contributed by atoms with van der Waals surface area (Å²) in [5.74, 6) is -1.01. The van der Waals surface area contributed by atoms with Gasteiger partial charge in [0, 0.05) is 22.5 Å². The van der Waals surface area contributed by atoms with E-state index in [9.17, 15) is 36.2 Å². The van der Waals surface area contributed by atoms with Crippen molar-refractivity contribution < 1.29 is 36.2 Å². The number of fused-ring (bicyclic) bond motifs is 2. The number of benzene rings is 4. The summed E-state index contributed by atoms with van der Waals surface area (Å²) in [6.45, 7) is 0. The van der Waals surface area contributed by atoms with Crippen molar-refractivity contribution in [1.29, 1.82) is 0 Å². The SMILES string of the molecule is Nc1ccc2c(O)c(N=Nc3ccc4cc(S(=O)(=O)O)cc(O)c4c3)c(S(=O)(=O)O)cc2c1. The zero-order chi connectivity index (χ0) is 24.1. The molecule has 0 bridgehead atoms. The van der Waals surface area contributed by atoms with E-state index in [1.165, 1.54) is 36.4 Å². The van der Waals surface area contributed by atoms with Gasteiger partial charge in [-0.1, -0.05) is 6.07 Å². The first-order chi connectivity index (χ1) is 15.3. The third-order valence-electron chi connectivity index (χ3n) is 4.81. The minimum Gasteiger partial charge on any atom is -0.507 e. The number of nitrogens with two attached hydrogens (primary N) is 1. The fraction of sp³-hybridized carbons (Fsp3) is 0. The molecule has 13 heteroatoms. The first kappa shape index (κ1) is 22.4. The van der Waals surface area contributed by atoms with Crippen LogP contribution in [0.3, 0.4) is 0 Å². The first-order valence-electron chi connectivity index (χ1n) is 9.03. The second-order valence-electron chi connectivity index (χ2n) is 7.05. The zero-order valence-electron chi connectivity index (χ0n) is 16.4. The van der Waals surface area contributed by atoms with Crippen LogP contribution in [0, 0.1) is 0 Å². The van der Waals surface area contributed by atoms with Gasteiger partial charge >= 0.3 is 0 Å². The minimum atomic E-state index is -4.80. The Kier molecular flexibility index (Phi) is 5.21. The first-order valence-corrected chi connectivity index (χ1v) is 11.9. The Hall–Kier alpha value is -3.78. The standard InChI is InChI=1S/C20H15N3O8S2/c21-12-2-4-15-11(5-12)7-18(33(29,30)31)19(20(15)25)23-22-13-3-1-10-6-14(32(26,27)28)9-17(24)16(10)8-13/h1-9,24-25H,21H2,(H,26,27,28)(H,29,30,31). The summed E-state index contributed by atoms with van der Waals surface area (Å²) in [5.41, 5.74) is 5.60. The highest BCUT2D eigenvalue weighted by molar-refractivity contribution is 7.86. The van der Waals surface area contributed by atoms with E-state index in [0.717, 1.165) is 18.2 Å². The van der Waals surface area contributed by atoms with E-state index in [0.29, 0.717) is 5.69 Å². The van der Waals surface area contributed by atoms with Gasteiger partial charge in [0.2, 0.25) is 0 Å². The maximum atomic E-state index is 11.9. The molecule has 0 spiro atoms. The Morgan fingerprint density at radius 3 is 2.12 bits per heavy atom. The molecular weight excluding hydrogens is 474 g/mol. The smallest absolute Gasteiger partial charge is 0.296 e. The highest BCUT2D eigenvalue weighted by Crippen LogP contribution is 2.42. The maximum Gasteiger partial charge on any atom is 0.296 e. The number of rotatable bonds is 4. The number of hydrogen-bond acceptors (Lipinski definition) is 9. The van der Waals surface area contributed by atoms with Crippen LogP contribution in [0.25, 0.3) is 21.5 Å². The molecule has 0 aliphatic carbocycles. The molecule has 33 heavy (non-hydrogen) atoms. The predicted molar refractivity (Wildman–Crippen MR) is 119 cm³/mol. The van der Waals surface area contributed by atoms with Crippen LogP contribution < -0.4 is 5.73 Å². The normalized spacial score (nSPS) is 12.7. The predicted octanol–water partition coefficient (Wildman–Crippen LogP) is 3.90. The van der Waals surface area contributed by atoms with E-state index >= 15 is 0 Å². The van der Waals surface area contributed by atoms with E-state index in [4.69, 9.17) is 5.73 Å². The van der Waals surface area contributed by atoms with Gasteiger partial charge in [0.25, 0.3) is 20.2 Å². The lowest BCUT2D eigenvalue weighted by molar-refractivity contribution is 0.470. The van der Waals surface area contributed by atoms with Crippen molar-refractivity contribution in [2.24, 2.45) is 10.2 Å². The van der Waals surface area contributed by atoms with Crippen LogP contribution in [0.1, 0.15) is 0 Å². The average Bonchev–Trinajstić information content (AvgIpc) is 2.71. The molecule has 0 aromatic heterocycles. The molecule has 11 nitrogen and oxygen atoms in total. The van der Waals surface area contributed by atoms with Gasteiger partial charge in [0.1, 0.15) is 16.3 Å². The van der Waals surface area contributed by atoms with Crippen LogP contribution in [-0.2, 0) is 20.2 Å². The average molecular weight is 489 g/mol. The lowest BCUT2D eigenvalue weighted by Crippen LogP contribution is -1.99. The fourth-order valence-electron chi connectivity index (χ4n) is 3.28. The van der Waals surface area contributed by atoms with Crippen LogP contribution in [-0.4, -0.2) is 36.2 Å². The van der Waals surface area contributed by atoms with E-state index in [1.807, 2.05) is 0 Å². The number of anilines is 1. The van der Waals surface area contributed by atoms with Gasteiger partial charge in [-0.3, -0.25) is 9.11 Å². The molecule has 4 aromatic rings. The molecule has 0 radical (unpaired) electrons. The molecule has 0 amide bonds. The lowest BCUT2D eigenvalue weighted by Gasteiger charge is -2.09. The van der Waals surface area contributed by atoms with Gasteiger partial charge < -0.3 is 15.9 Å². The summed E-state index contributed by atoms with van der Waals surface area (Å²) in [6.07, 6.45) is 0. The van der Waals surface area contributed by atoms with Gasteiger partial charge in [-0.05, 0) is 53.2 Å². The molecule has 0 aliphatic heterocycles. The number of aromatic hydroxyl groups is 2. The Morgan fingerprint density at radius 1 is 0.727 bits per heavy atom. The molecule has 4 aromatic carbocycles. The summed E-state index contributed by atoms with van der Waals surface area (Å²) in [4.78, 5) is -1.19. The quantitative estimate of drug-likeness (QED) is 0.160. The molecule has 170 valence electrons. The van der Waals surface area contributed by atoms with E-state index in [-0.39, 0.29) is 27.2 Å². The Morgan fingerprint density at radius 2 is 1.45 bits per heavy atom. The number of phenolic OH excluding ortho intramolecular Hbond substituents is 2. The van der Waals surface area contributed by atoms with Crippen molar-refractivity contribution in [3.05, 3.63) is 54.6 Å². The molecule has 0 fully saturated rings. The monoisotopic (exact) mass is 489 g/mol. The van der Waals surface area contributed by atoms with Crippen LogP contribution >= 0.6 is 0 Å².